The number of aromatic nitrogens is 2. The molecule has 2 aromatic rings. The van der Waals surface area contributed by atoms with E-state index in [1.165, 1.54) is 4.68 Å². The lowest BCUT2D eigenvalue weighted by Crippen LogP contribution is -2.00. The average Bonchev–Trinajstić information content (AvgIpc) is 2.65. The molecule has 0 bridgehead atoms. The lowest BCUT2D eigenvalue weighted by Gasteiger charge is -2.08. The molecule has 0 aliphatic rings. The molecule has 106 valence electrons. The second-order valence-corrected chi connectivity index (χ2v) is 4.12. The number of aliphatic hydroxyl groups excluding tert-OH is 1. The minimum absolute atomic E-state index is 0.117. The normalized spacial score (nSPS) is 10.6. The molecule has 0 atom stereocenters. The van der Waals surface area contributed by atoms with Crippen molar-refractivity contribution in [3.63, 3.8) is 0 Å². The fourth-order valence-corrected chi connectivity index (χ4v) is 1.81. The summed E-state index contributed by atoms with van der Waals surface area (Å²) in [6.45, 7) is 1.36. The van der Waals surface area contributed by atoms with Gasteiger partial charge in [-0.05, 0) is 19.1 Å². The van der Waals surface area contributed by atoms with E-state index in [2.05, 4.69) is 5.10 Å². The van der Waals surface area contributed by atoms with Crippen molar-refractivity contribution < 1.29 is 19.2 Å². The van der Waals surface area contributed by atoms with Crippen LogP contribution < -0.4 is 4.74 Å². The van der Waals surface area contributed by atoms with E-state index in [-0.39, 0.29) is 18.2 Å². The SMILES string of the molecule is Cc1nn(C)c(Oc2ccc(F)cc2[N+](=O)[O-])c1CO. The molecule has 2 rings (SSSR count). The zero-order chi connectivity index (χ0) is 14.9. The van der Waals surface area contributed by atoms with Crippen LogP contribution in [0, 0.1) is 22.9 Å². The molecule has 0 spiro atoms. The molecule has 0 aliphatic heterocycles. The second kappa shape index (κ2) is 5.25. The molecular formula is C12H12FN3O4. The van der Waals surface area contributed by atoms with Crippen molar-refractivity contribution in [1.29, 1.82) is 0 Å². The molecule has 20 heavy (non-hydrogen) atoms. The summed E-state index contributed by atoms with van der Waals surface area (Å²) in [5.41, 5.74) is 0.480. The van der Waals surface area contributed by atoms with Gasteiger partial charge >= 0.3 is 5.69 Å². The highest BCUT2D eigenvalue weighted by atomic mass is 19.1. The smallest absolute Gasteiger partial charge is 0.314 e. The van der Waals surface area contributed by atoms with Crippen LogP contribution in [0.5, 0.6) is 11.6 Å². The van der Waals surface area contributed by atoms with E-state index < -0.39 is 16.4 Å². The van der Waals surface area contributed by atoms with Gasteiger partial charge in [-0.3, -0.25) is 10.1 Å². The van der Waals surface area contributed by atoms with Gasteiger partial charge in [0.15, 0.2) is 0 Å². The van der Waals surface area contributed by atoms with E-state index in [1.807, 2.05) is 0 Å². The molecule has 0 radical (unpaired) electrons. The Labute approximate surface area is 113 Å². The molecule has 0 unspecified atom stereocenters. The molecule has 1 heterocycles. The highest BCUT2D eigenvalue weighted by molar-refractivity contribution is 5.49. The Balaban J connectivity index is 2.48. The molecular weight excluding hydrogens is 269 g/mol. The molecule has 0 saturated heterocycles. The number of halogens is 1. The Morgan fingerprint density at radius 2 is 2.25 bits per heavy atom. The first kappa shape index (κ1) is 13.9. The first-order chi connectivity index (χ1) is 9.43. The number of nitrogens with zero attached hydrogens (tertiary/aromatic N) is 3. The zero-order valence-corrected chi connectivity index (χ0v) is 10.8. The van der Waals surface area contributed by atoms with E-state index in [9.17, 15) is 19.6 Å². The molecule has 1 aromatic carbocycles. The summed E-state index contributed by atoms with van der Waals surface area (Å²) < 4.78 is 19.8. The summed E-state index contributed by atoms with van der Waals surface area (Å²) in [7, 11) is 1.58. The maximum atomic E-state index is 13.1. The third-order valence-electron chi connectivity index (χ3n) is 2.77. The first-order valence-electron chi connectivity index (χ1n) is 5.69. The minimum Gasteiger partial charge on any atom is -0.432 e. The Morgan fingerprint density at radius 1 is 1.55 bits per heavy atom. The van der Waals surface area contributed by atoms with Crippen molar-refractivity contribution in [3.8, 4) is 11.6 Å². The number of nitro groups is 1. The van der Waals surface area contributed by atoms with Crippen LogP contribution in [-0.4, -0.2) is 19.8 Å². The van der Waals surface area contributed by atoms with Crippen LogP contribution in [0.2, 0.25) is 0 Å². The summed E-state index contributed by atoms with van der Waals surface area (Å²) in [6.07, 6.45) is 0. The standard InChI is InChI=1S/C12H12FN3O4/c1-7-9(6-17)12(15(2)14-7)20-11-4-3-8(13)5-10(11)16(18)19/h3-5,17H,6H2,1-2H3. The van der Waals surface area contributed by atoms with Crippen LogP contribution in [0.3, 0.4) is 0 Å². The highest BCUT2D eigenvalue weighted by Crippen LogP contribution is 2.34. The van der Waals surface area contributed by atoms with E-state index in [0.717, 1.165) is 18.2 Å². The fourth-order valence-electron chi connectivity index (χ4n) is 1.81. The van der Waals surface area contributed by atoms with Gasteiger partial charge in [0, 0.05) is 7.05 Å². The molecule has 0 saturated carbocycles. The molecule has 8 heteroatoms. The molecule has 1 aromatic heterocycles. The first-order valence-corrected chi connectivity index (χ1v) is 5.69. The van der Waals surface area contributed by atoms with Gasteiger partial charge in [0.1, 0.15) is 5.82 Å². The van der Waals surface area contributed by atoms with Crippen molar-refractivity contribution in [2.45, 2.75) is 13.5 Å². The van der Waals surface area contributed by atoms with Gasteiger partial charge in [-0.1, -0.05) is 0 Å². The van der Waals surface area contributed by atoms with Crippen LogP contribution in [0.15, 0.2) is 18.2 Å². The van der Waals surface area contributed by atoms with Crippen LogP contribution in [-0.2, 0) is 13.7 Å². The molecule has 0 aliphatic carbocycles. The maximum absolute atomic E-state index is 13.1. The molecule has 0 amide bonds. The van der Waals surface area contributed by atoms with E-state index in [0.29, 0.717) is 11.3 Å². The van der Waals surface area contributed by atoms with Crippen molar-refractivity contribution in [1.82, 2.24) is 9.78 Å². The van der Waals surface area contributed by atoms with Crippen LogP contribution in [0.25, 0.3) is 0 Å². The number of rotatable bonds is 4. The van der Waals surface area contributed by atoms with Gasteiger partial charge in [0.05, 0.1) is 28.9 Å². The summed E-state index contributed by atoms with van der Waals surface area (Å²) in [5.74, 6) is -0.665. The van der Waals surface area contributed by atoms with Crippen molar-refractivity contribution in [2.24, 2.45) is 7.05 Å². The quantitative estimate of drug-likeness (QED) is 0.684. The van der Waals surface area contributed by atoms with Crippen molar-refractivity contribution in [2.75, 3.05) is 0 Å². The summed E-state index contributed by atoms with van der Waals surface area (Å²) in [4.78, 5) is 10.2. The molecule has 1 N–H and O–H groups in total. The highest BCUT2D eigenvalue weighted by Gasteiger charge is 2.21. The number of ether oxygens (including phenoxy) is 1. The fraction of sp³-hybridized carbons (Fsp3) is 0.250. The number of aliphatic hydroxyl groups is 1. The van der Waals surface area contributed by atoms with Crippen LogP contribution >= 0.6 is 0 Å². The van der Waals surface area contributed by atoms with Crippen molar-refractivity contribution >= 4 is 5.69 Å². The topological polar surface area (TPSA) is 90.4 Å². The van der Waals surface area contributed by atoms with E-state index in [1.54, 1.807) is 14.0 Å². The van der Waals surface area contributed by atoms with E-state index >= 15 is 0 Å². The van der Waals surface area contributed by atoms with E-state index in [4.69, 9.17) is 4.74 Å². The van der Waals surface area contributed by atoms with Crippen molar-refractivity contribution in [3.05, 3.63) is 45.4 Å². The minimum atomic E-state index is -0.736. The molecule has 7 nitrogen and oxygen atoms in total. The van der Waals surface area contributed by atoms with Gasteiger partial charge in [0.2, 0.25) is 11.6 Å². The Kier molecular flexibility index (Phi) is 3.66. The largest absolute Gasteiger partial charge is 0.432 e. The van der Waals surface area contributed by atoms with Gasteiger partial charge in [-0.15, -0.1) is 0 Å². The predicted molar refractivity (Wildman–Crippen MR) is 67.0 cm³/mol. The van der Waals surface area contributed by atoms with Crippen LogP contribution in [0.4, 0.5) is 10.1 Å². The number of nitro benzene ring substituents is 1. The monoisotopic (exact) mass is 281 g/mol. The predicted octanol–water partition coefficient (Wildman–Crippen LogP) is 2.06. The van der Waals surface area contributed by atoms with Gasteiger partial charge in [0.25, 0.3) is 0 Å². The third-order valence-corrected chi connectivity index (χ3v) is 2.77. The number of hydrogen-bond acceptors (Lipinski definition) is 5. The lowest BCUT2D eigenvalue weighted by molar-refractivity contribution is -0.385. The summed E-state index contributed by atoms with van der Waals surface area (Å²) >= 11 is 0. The second-order valence-electron chi connectivity index (χ2n) is 4.12. The lowest BCUT2D eigenvalue weighted by atomic mass is 10.2. The zero-order valence-electron chi connectivity index (χ0n) is 10.8. The molecule has 0 fully saturated rings. The Hall–Kier alpha value is -2.48. The average molecular weight is 281 g/mol. The summed E-state index contributed by atoms with van der Waals surface area (Å²) in [5, 5.41) is 24.2. The Morgan fingerprint density at radius 3 is 2.85 bits per heavy atom. The number of hydrogen-bond donors (Lipinski definition) is 1. The van der Waals surface area contributed by atoms with Gasteiger partial charge in [-0.2, -0.15) is 5.10 Å². The Bertz CT molecular complexity index is 669. The maximum Gasteiger partial charge on any atom is 0.314 e. The van der Waals surface area contributed by atoms with Gasteiger partial charge in [-0.25, -0.2) is 9.07 Å². The summed E-state index contributed by atoms with van der Waals surface area (Å²) in [6, 6.07) is 3.00. The van der Waals surface area contributed by atoms with Crippen LogP contribution in [0.1, 0.15) is 11.3 Å². The van der Waals surface area contributed by atoms with Gasteiger partial charge < -0.3 is 9.84 Å². The number of aryl methyl sites for hydroxylation is 2. The third kappa shape index (κ3) is 2.45. The number of benzene rings is 1.